The molecule has 0 amide bonds. The Labute approximate surface area is 169 Å². The molecule has 0 spiro atoms. The van der Waals surface area contributed by atoms with Crippen LogP contribution in [-0.2, 0) is 9.53 Å². The second-order valence-electron chi connectivity index (χ2n) is 9.86. The van der Waals surface area contributed by atoms with E-state index in [4.69, 9.17) is 11.2 Å². The van der Waals surface area contributed by atoms with Gasteiger partial charge in [0.25, 0.3) is 0 Å². The van der Waals surface area contributed by atoms with E-state index < -0.39 is 5.60 Å². The van der Waals surface area contributed by atoms with E-state index in [9.17, 15) is 9.90 Å². The van der Waals surface area contributed by atoms with Crippen LogP contribution in [0, 0.1) is 41.4 Å². The molecule has 0 aromatic rings. The van der Waals surface area contributed by atoms with Crippen molar-refractivity contribution in [1.29, 1.82) is 0 Å². The molecule has 0 bridgehead atoms. The molecule has 3 nitrogen and oxygen atoms in total. The minimum atomic E-state index is -0.966. The summed E-state index contributed by atoms with van der Waals surface area (Å²) in [5, 5.41) is 11.1. The number of fused-ring (bicyclic) bond motifs is 5. The highest BCUT2D eigenvalue weighted by molar-refractivity contribution is 5.69. The molecular formula is C25H34O3. The van der Waals surface area contributed by atoms with Crippen LogP contribution in [-0.4, -0.2) is 22.8 Å². The summed E-state index contributed by atoms with van der Waals surface area (Å²) in [7, 11) is 0. The third-order valence-electron chi connectivity index (χ3n) is 8.53. The fraction of sp³-hybridized carbons (Fsp3) is 0.720. The topological polar surface area (TPSA) is 46.5 Å². The van der Waals surface area contributed by atoms with Gasteiger partial charge in [0, 0.05) is 24.2 Å². The summed E-state index contributed by atoms with van der Waals surface area (Å²) in [4.78, 5) is 12.3. The van der Waals surface area contributed by atoms with Crippen molar-refractivity contribution in [2.75, 3.05) is 0 Å². The van der Waals surface area contributed by atoms with Gasteiger partial charge in [0.2, 0.25) is 0 Å². The van der Waals surface area contributed by atoms with Crippen molar-refractivity contribution in [3.05, 3.63) is 23.8 Å². The maximum atomic E-state index is 12.3. The number of allylic oxidation sites excluding steroid dienone is 1. The Morgan fingerprint density at radius 3 is 2.86 bits per heavy atom. The Kier molecular flexibility index (Phi) is 4.99. The van der Waals surface area contributed by atoms with Crippen LogP contribution in [0.4, 0.5) is 0 Å². The summed E-state index contributed by atoms with van der Waals surface area (Å²) in [5.74, 6) is 4.53. The third-order valence-corrected chi connectivity index (χ3v) is 8.53. The molecule has 152 valence electrons. The number of carbonyl (C=O) groups is 1. The minimum Gasteiger partial charge on any atom is -0.461 e. The predicted octanol–water partition coefficient (Wildman–Crippen LogP) is 4.80. The molecule has 1 unspecified atom stereocenters. The normalized spacial score (nSPS) is 44.6. The second-order valence-corrected chi connectivity index (χ2v) is 9.86. The molecule has 4 rings (SSSR count). The lowest BCUT2D eigenvalue weighted by Crippen LogP contribution is -2.53. The van der Waals surface area contributed by atoms with Crippen molar-refractivity contribution < 1.29 is 14.6 Å². The van der Waals surface area contributed by atoms with Crippen LogP contribution in [0.2, 0.25) is 0 Å². The van der Waals surface area contributed by atoms with Gasteiger partial charge in [-0.25, -0.2) is 0 Å². The van der Waals surface area contributed by atoms with E-state index in [1.165, 1.54) is 5.57 Å². The number of aliphatic hydroxyl groups is 1. The first-order valence-electron chi connectivity index (χ1n) is 11.1. The van der Waals surface area contributed by atoms with E-state index >= 15 is 0 Å². The number of hydrogen-bond acceptors (Lipinski definition) is 3. The minimum absolute atomic E-state index is 0.0726. The number of terminal acetylenes is 1. The molecule has 1 N–H and O–H groups in total. The molecule has 0 saturated heterocycles. The zero-order valence-electron chi connectivity index (χ0n) is 17.4. The van der Waals surface area contributed by atoms with Crippen molar-refractivity contribution in [3.8, 4) is 12.3 Å². The van der Waals surface area contributed by atoms with Gasteiger partial charge < -0.3 is 9.84 Å². The molecule has 0 aliphatic heterocycles. The molecule has 4 aliphatic carbocycles. The second kappa shape index (κ2) is 7.06. The third kappa shape index (κ3) is 2.88. The first-order chi connectivity index (χ1) is 13.3. The quantitative estimate of drug-likeness (QED) is 0.563. The number of carbonyl (C=O) groups excluding carboxylic acids is 1. The monoisotopic (exact) mass is 382 g/mol. The van der Waals surface area contributed by atoms with Crippen molar-refractivity contribution in [1.82, 2.24) is 0 Å². The van der Waals surface area contributed by atoms with E-state index in [0.717, 1.165) is 50.5 Å². The SMILES string of the molecule is C#C[C@]1(O)CC[C@H]2[C@@H]3CCC4=CC(=C)CC(OC(=O)CCC)[C@@H]4[C@H]3CC[C@@]21C. The van der Waals surface area contributed by atoms with Crippen LogP contribution in [0.3, 0.4) is 0 Å². The van der Waals surface area contributed by atoms with E-state index in [2.05, 4.69) is 25.5 Å². The van der Waals surface area contributed by atoms with Gasteiger partial charge in [-0.2, -0.15) is 0 Å². The lowest BCUT2D eigenvalue weighted by atomic mass is 9.50. The maximum Gasteiger partial charge on any atom is 0.306 e. The van der Waals surface area contributed by atoms with Crippen molar-refractivity contribution in [3.63, 3.8) is 0 Å². The van der Waals surface area contributed by atoms with Crippen LogP contribution in [0.15, 0.2) is 23.8 Å². The first kappa shape index (κ1) is 19.8. The van der Waals surface area contributed by atoms with E-state index in [1.54, 1.807) is 0 Å². The van der Waals surface area contributed by atoms with E-state index in [1.807, 2.05) is 6.92 Å². The largest absolute Gasteiger partial charge is 0.461 e. The maximum absolute atomic E-state index is 12.3. The molecule has 0 heterocycles. The molecular weight excluding hydrogens is 348 g/mol. The fourth-order valence-corrected chi connectivity index (χ4v) is 7.14. The number of ether oxygens (including phenoxy) is 1. The zero-order valence-corrected chi connectivity index (χ0v) is 17.4. The molecule has 0 aromatic heterocycles. The molecule has 4 aliphatic rings. The zero-order chi connectivity index (χ0) is 20.1. The highest BCUT2D eigenvalue weighted by Crippen LogP contribution is 2.65. The summed E-state index contributed by atoms with van der Waals surface area (Å²) in [5.41, 5.74) is 1.37. The molecule has 3 heteroatoms. The average Bonchev–Trinajstić information content (AvgIpc) is 2.93. The van der Waals surface area contributed by atoms with E-state index in [-0.39, 0.29) is 17.5 Å². The lowest BCUT2D eigenvalue weighted by Gasteiger charge is -2.55. The van der Waals surface area contributed by atoms with Crippen LogP contribution in [0.1, 0.15) is 71.6 Å². The van der Waals surface area contributed by atoms with E-state index in [0.29, 0.717) is 36.5 Å². The Bertz CT molecular complexity index is 743. The van der Waals surface area contributed by atoms with Gasteiger partial charge in [0.15, 0.2) is 0 Å². The molecule has 3 fully saturated rings. The van der Waals surface area contributed by atoms with Crippen LogP contribution < -0.4 is 0 Å². The molecule has 7 atom stereocenters. The Morgan fingerprint density at radius 1 is 1.36 bits per heavy atom. The summed E-state index contributed by atoms with van der Waals surface area (Å²) in [6.45, 7) is 8.41. The highest BCUT2D eigenvalue weighted by atomic mass is 16.5. The van der Waals surface area contributed by atoms with Crippen LogP contribution >= 0.6 is 0 Å². The lowest BCUT2D eigenvalue weighted by molar-refractivity contribution is -0.156. The molecule has 3 saturated carbocycles. The van der Waals surface area contributed by atoms with Gasteiger partial charge in [-0.3, -0.25) is 4.79 Å². The molecule has 0 aromatic carbocycles. The average molecular weight is 383 g/mol. The summed E-state index contributed by atoms with van der Waals surface area (Å²) in [6.07, 6.45) is 16.0. The predicted molar refractivity (Wildman–Crippen MR) is 110 cm³/mol. The van der Waals surface area contributed by atoms with Crippen molar-refractivity contribution in [2.24, 2.45) is 29.1 Å². The number of hydrogen-bond donors (Lipinski definition) is 1. The summed E-state index contributed by atoms with van der Waals surface area (Å²) >= 11 is 0. The van der Waals surface area contributed by atoms with Gasteiger partial charge >= 0.3 is 5.97 Å². The van der Waals surface area contributed by atoms with Gasteiger partial charge in [-0.1, -0.05) is 43.6 Å². The summed E-state index contributed by atoms with van der Waals surface area (Å²) in [6, 6.07) is 0. The standard InChI is InChI=1S/C25H34O3/c1-5-7-22(26)28-21-15-16(3)14-17-8-9-18-19(23(17)21)10-12-24(4)20(18)11-13-25(24,27)6-2/h2,14,18-21,23,27H,3,5,7-13,15H2,1,4H3/t18-,19+,20+,21?,23+,24+,25+/m1/s1. The van der Waals surface area contributed by atoms with Gasteiger partial charge in [-0.05, 0) is 62.7 Å². The van der Waals surface area contributed by atoms with Crippen molar-refractivity contribution >= 4 is 5.97 Å². The van der Waals surface area contributed by atoms with Crippen LogP contribution in [0.25, 0.3) is 0 Å². The number of esters is 1. The highest BCUT2D eigenvalue weighted by Gasteiger charge is 2.62. The van der Waals surface area contributed by atoms with Crippen LogP contribution in [0.5, 0.6) is 0 Å². The Balaban J connectivity index is 1.62. The fourth-order valence-electron chi connectivity index (χ4n) is 7.14. The smallest absolute Gasteiger partial charge is 0.306 e. The van der Waals surface area contributed by atoms with Gasteiger partial charge in [0.1, 0.15) is 11.7 Å². The first-order valence-corrected chi connectivity index (χ1v) is 11.1. The molecule has 28 heavy (non-hydrogen) atoms. The molecule has 0 radical (unpaired) electrons. The van der Waals surface area contributed by atoms with Crippen molar-refractivity contribution in [2.45, 2.75) is 83.3 Å². The Morgan fingerprint density at radius 2 is 2.14 bits per heavy atom. The van der Waals surface area contributed by atoms with Gasteiger partial charge in [0.05, 0.1) is 0 Å². The summed E-state index contributed by atoms with van der Waals surface area (Å²) < 4.78 is 6.00. The Hall–Kier alpha value is -1.53. The number of rotatable bonds is 3. The van der Waals surface area contributed by atoms with Gasteiger partial charge in [-0.15, -0.1) is 6.42 Å².